The van der Waals surface area contributed by atoms with Crippen LogP contribution >= 0.6 is 0 Å². The average molecular weight is 269 g/mol. The van der Waals surface area contributed by atoms with E-state index in [1.54, 1.807) is 13.8 Å². The van der Waals surface area contributed by atoms with Crippen LogP contribution in [0.25, 0.3) is 0 Å². The van der Waals surface area contributed by atoms with Crippen LogP contribution in [0.4, 0.5) is 13.2 Å². The van der Waals surface area contributed by atoms with E-state index in [9.17, 15) is 18.0 Å². The minimum atomic E-state index is -4.51. The summed E-state index contributed by atoms with van der Waals surface area (Å²) in [4.78, 5) is 11.8. The minimum Gasteiger partial charge on any atom is -0.481 e. The van der Waals surface area contributed by atoms with Crippen LogP contribution in [0.15, 0.2) is 0 Å². The van der Waals surface area contributed by atoms with Gasteiger partial charge in [-0.3, -0.25) is 9.69 Å². The number of rotatable bonds is 8. The number of carbonyl (C=O) groups is 1. The zero-order valence-electron chi connectivity index (χ0n) is 11.1. The maximum Gasteiger partial charge on any atom is 0.404 e. The van der Waals surface area contributed by atoms with Gasteiger partial charge in [0.25, 0.3) is 0 Å². The molecule has 0 aliphatic carbocycles. The van der Waals surface area contributed by atoms with E-state index in [4.69, 9.17) is 5.11 Å². The quantitative estimate of drug-likeness (QED) is 0.687. The Morgan fingerprint density at radius 2 is 1.83 bits per heavy atom. The van der Waals surface area contributed by atoms with Crippen molar-refractivity contribution in [2.75, 3.05) is 6.54 Å². The van der Waals surface area contributed by atoms with Gasteiger partial charge in [-0.25, -0.2) is 0 Å². The molecule has 1 N–H and O–H groups in total. The van der Waals surface area contributed by atoms with E-state index < -0.39 is 24.6 Å². The molecule has 1 unspecified atom stereocenters. The van der Waals surface area contributed by atoms with Crippen LogP contribution in [-0.4, -0.2) is 40.8 Å². The highest BCUT2D eigenvalue weighted by atomic mass is 19.4. The fraction of sp³-hybridized carbons (Fsp3) is 0.917. The molecule has 0 saturated carbocycles. The molecule has 0 heterocycles. The highest BCUT2D eigenvalue weighted by molar-refractivity contribution is 5.67. The molecule has 0 aromatic carbocycles. The van der Waals surface area contributed by atoms with Gasteiger partial charge >= 0.3 is 12.1 Å². The molecule has 0 saturated heterocycles. The lowest BCUT2D eigenvalue weighted by molar-refractivity contribution is -0.194. The molecule has 0 bridgehead atoms. The Balaban J connectivity index is 4.80. The molecule has 0 aliphatic heterocycles. The summed E-state index contributed by atoms with van der Waals surface area (Å²) in [5.41, 5.74) is 0. The number of alkyl halides is 3. The van der Waals surface area contributed by atoms with Crippen molar-refractivity contribution in [2.24, 2.45) is 0 Å². The van der Waals surface area contributed by atoms with Gasteiger partial charge in [-0.2, -0.15) is 13.2 Å². The Labute approximate surface area is 106 Å². The third-order valence-electron chi connectivity index (χ3n) is 2.83. The number of carboxylic acid groups (broad SMARTS) is 1. The maximum atomic E-state index is 12.9. The topological polar surface area (TPSA) is 40.5 Å². The second-order valence-electron chi connectivity index (χ2n) is 4.69. The van der Waals surface area contributed by atoms with Crippen molar-refractivity contribution in [1.29, 1.82) is 0 Å². The van der Waals surface area contributed by atoms with Crippen molar-refractivity contribution < 1.29 is 23.1 Å². The summed E-state index contributed by atoms with van der Waals surface area (Å²) in [6.45, 7) is 5.57. The smallest absolute Gasteiger partial charge is 0.404 e. The van der Waals surface area contributed by atoms with Crippen molar-refractivity contribution in [3.63, 3.8) is 0 Å². The van der Waals surface area contributed by atoms with Crippen molar-refractivity contribution >= 4 is 5.97 Å². The van der Waals surface area contributed by atoms with E-state index in [1.807, 2.05) is 6.92 Å². The SMILES string of the molecule is CCCCCN(C(C)C)C(CC(=O)O)C(F)(F)F. The molecular formula is C12H22F3NO2. The van der Waals surface area contributed by atoms with Gasteiger partial charge in [0.05, 0.1) is 6.42 Å². The van der Waals surface area contributed by atoms with Crippen molar-refractivity contribution in [2.45, 2.75) is 64.7 Å². The second-order valence-corrected chi connectivity index (χ2v) is 4.69. The molecule has 0 aromatic rings. The lowest BCUT2D eigenvalue weighted by Crippen LogP contribution is -2.50. The van der Waals surface area contributed by atoms with Crippen molar-refractivity contribution in [1.82, 2.24) is 4.90 Å². The monoisotopic (exact) mass is 269 g/mol. The Hall–Kier alpha value is -0.780. The predicted molar refractivity (Wildman–Crippen MR) is 63.5 cm³/mol. The van der Waals surface area contributed by atoms with E-state index in [2.05, 4.69) is 0 Å². The highest BCUT2D eigenvalue weighted by Gasteiger charge is 2.45. The van der Waals surface area contributed by atoms with E-state index in [1.165, 1.54) is 4.90 Å². The normalized spacial score (nSPS) is 14.2. The van der Waals surface area contributed by atoms with Gasteiger partial charge < -0.3 is 5.11 Å². The molecular weight excluding hydrogens is 247 g/mol. The average Bonchev–Trinajstić information content (AvgIpc) is 2.19. The first-order chi connectivity index (χ1) is 8.20. The molecule has 0 rings (SSSR count). The number of aliphatic carboxylic acids is 1. The van der Waals surface area contributed by atoms with Crippen LogP contribution in [0, 0.1) is 0 Å². The highest BCUT2D eigenvalue weighted by Crippen LogP contribution is 2.29. The van der Waals surface area contributed by atoms with Gasteiger partial charge in [-0.15, -0.1) is 0 Å². The van der Waals surface area contributed by atoms with Crippen LogP contribution in [0.1, 0.15) is 46.5 Å². The minimum absolute atomic E-state index is 0.281. The first-order valence-corrected chi connectivity index (χ1v) is 6.24. The number of hydrogen-bond acceptors (Lipinski definition) is 2. The zero-order valence-corrected chi connectivity index (χ0v) is 11.1. The molecule has 3 nitrogen and oxygen atoms in total. The lowest BCUT2D eigenvalue weighted by atomic mass is 10.1. The molecule has 6 heteroatoms. The Morgan fingerprint density at radius 3 is 2.17 bits per heavy atom. The zero-order chi connectivity index (χ0) is 14.3. The summed E-state index contributed by atoms with van der Waals surface area (Å²) < 4.78 is 38.7. The fourth-order valence-corrected chi connectivity index (χ4v) is 1.90. The predicted octanol–water partition coefficient (Wildman–Crippen LogP) is 3.29. The first-order valence-electron chi connectivity index (χ1n) is 6.24. The summed E-state index contributed by atoms with van der Waals surface area (Å²) in [6, 6.07) is -2.22. The largest absolute Gasteiger partial charge is 0.481 e. The number of halogens is 3. The summed E-state index contributed by atoms with van der Waals surface area (Å²) >= 11 is 0. The van der Waals surface area contributed by atoms with E-state index >= 15 is 0 Å². The van der Waals surface area contributed by atoms with Crippen LogP contribution in [-0.2, 0) is 4.79 Å². The third-order valence-corrected chi connectivity index (χ3v) is 2.83. The third kappa shape index (κ3) is 6.23. The van der Waals surface area contributed by atoms with E-state index in [0.717, 1.165) is 12.8 Å². The van der Waals surface area contributed by atoms with Crippen LogP contribution < -0.4 is 0 Å². The van der Waals surface area contributed by atoms with Gasteiger partial charge in [0, 0.05) is 6.04 Å². The van der Waals surface area contributed by atoms with Gasteiger partial charge in [-0.05, 0) is 26.8 Å². The molecule has 1 atom stereocenters. The van der Waals surface area contributed by atoms with Gasteiger partial charge in [0.2, 0.25) is 0 Å². The molecule has 0 fully saturated rings. The molecule has 0 aliphatic rings. The number of carboxylic acids is 1. The lowest BCUT2D eigenvalue weighted by Gasteiger charge is -2.35. The standard InChI is InChI=1S/C12H22F3NO2/c1-4-5-6-7-16(9(2)3)10(8-11(17)18)12(13,14)15/h9-10H,4-8H2,1-3H3,(H,17,18). The van der Waals surface area contributed by atoms with Crippen molar-refractivity contribution in [3.05, 3.63) is 0 Å². The Bertz CT molecular complexity index is 254. The van der Waals surface area contributed by atoms with Gasteiger partial charge in [-0.1, -0.05) is 19.8 Å². The maximum absolute atomic E-state index is 12.9. The first kappa shape index (κ1) is 17.2. The molecule has 0 spiro atoms. The van der Waals surface area contributed by atoms with E-state index in [-0.39, 0.29) is 12.6 Å². The number of hydrogen-bond donors (Lipinski definition) is 1. The molecule has 0 radical (unpaired) electrons. The summed E-state index contributed by atoms with van der Waals surface area (Å²) in [7, 11) is 0. The van der Waals surface area contributed by atoms with Crippen LogP contribution in [0.3, 0.4) is 0 Å². The summed E-state index contributed by atoms with van der Waals surface area (Å²) in [6.07, 6.45) is -2.98. The Morgan fingerprint density at radius 1 is 1.28 bits per heavy atom. The second kappa shape index (κ2) is 7.61. The number of unbranched alkanes of at least 4 members (excludes halogenated alkanes) is 2. The molecule has 18 heavy (non-hydrogen) atoms. The van der Waals surface area contributed by atoms with Crippen LogP contribution in [0.5, 0.6) is 0 Å². The molecule has 0 amide bonds. The van der Waals surface area contributed by atoms with E-state index in [0.29, 0.717) is 6.42 Å². The Kier molecular flexibility index (Phi) is 7.28. The van der Waals surface area contributed by atoms with Crippen LogP contribution in [0.2, 0.25) is 0 Å². The van der Waals surface area contributed by atoms with Gasteiger partial charge in [0.1, 0.15) is 6.04 Å². The van der Waals surface area contributed by atoms with Gasteiger partial charge in [0.15, 0.2) is 0 Å². The summed E-state index contributed by atoms with van der Waals surface area (Å²) in [5, 5.41) is 8.62. The summed E-state index contributed by atoms with van der Waals surface area (Å²) in [5.74, 6) is -1.42. The molecule has 108 valence electrons. The number of nitrogens with zero attached hydrogens (tertiary/aromatic N) is 1. The molecule has 0 aromatic heterocycles. The van der Waals surface area contributed by atoms with Crippen molar-refractivity contribution in [3.8, 4) is 0 Å². The fourth-order valence-electron chi connectivity index (χ4n) is 1.90.